The lowest BCUT2D eigenvalue weighted by Crippen LogP contribution is -2.28. The van der Waals surface area contributed by atoms with Gasteiger partial charge < -0.3 is 4.74 Å². The Labute approximate surface area is 90.3 Å². The van der Waals surface area contributed by atoms with Crippen molar-refractivity contribution in [3.05, 3.63) is 35.9 Å². The average molecular weight is 204 g/mol. The third kappa shape index (κ3) is 2.20. The first-order valence-corrected chi connectivity index (χ1v) is 5.53. The summed E-state index contributed by atoms with van der Waals surface area (Å²) in [4.78, 5) is 11.4. The van der Waals surface area contributed by atoms with Gasteiger partial charge in [-0.15, -0.1) is 0 Å². The third-order valence-electron chi connectivity index (χ3n) is 3.09. The van der Waals surface area contributed by atoms with Gasteiger partial charge in [-0.3, -0.25) is 4.79 Å². The van der Waals surface area contributed by atoms with Gasteiger partial charge in [0.15, 0.2) is 0 Å². The van der Waals surface area contributed by atoms with E-state index in [0.717, 1.165) is 12.8 Å². The van der Waals surface area contributed by atoms with E-state index in [1.807, 2.05) is 25.1 Å². The van der Waals surface area contributed by atoms with Crippen LogP contribution in [0.2, 0.25) is 0 Å². The minimum Gasteiger partial charge on any atom is -0.465 e. The van der Waals surface area contributed by atoms with Crippen molar-refractivity contribution in [2.24, 2.45) is 5.92 Å². The minimum atomic E-state index is -0.0234. The zero-order valence-corrected chi connectivity index (χ0v) is 8.98. The van der Waals surface area contributed by atoms with Crippen LogP contribution in [0.15, 0.2) is 30.3 Å². The van der Waals surface area contributed by atoms with E-state index in [2.05, 4.69) is 12.1 Å². The Bertz CT molecular complexity index is 332. The van der Waals surface area contributed by atoms with Crippen LogP contribution in [0.3, 0.4) is 0 Å². The summed E-state index contributed by atoms with van der Waals surface area (Å²) >= 11 is 0. The normalized spacial score (nSPS) is 26.1. The molecule has 0 radical (unpaired) electrons. The molecular formula is C13H16O2. The first kappa shape index (κ1) is 10.2. The molecule has 1 aromatic carbocycles. The molecule has 2 heteroatoms. The lowest BCUT2D eigenvalue weighted by molar-refractivity contribution is -0.154. The summed E-state index contributed by atoms with van der Waals surface area (Å²) in [5.41, 5.74) is 1.28. The van der Waals surface area contributed by atoms with Crippen LogP contribution >= 0.6 is 0 Å². The largest absolute Gasteiger partial charge is 0.465 e. The topological polar surface area (TPSA) is 26.3 Å². The maximum atomic E-state index is 11.4. The smallest absolute Gasteiger partial charge is 0.308 e. The molecule has 15 heavy (non-hydrogen) atoms. The van der Waals surface area contributed by atoms with E-state index in [1.54, 1.807) is 0 Å². The Hall–Kier alpha value is -1.31. The second kappa shape index (κ2) is 4.47. The number of cyclic esters (lactones) is 1. The van der Waals surface area contributed by atoms with Crippen LogP contribution in [0, 0.1) is 5.92 Å². The summed E-state index contributed by atoms with van der Waals surface area (Å²) in [5.74, 6) is 0.447. The molecule has 2 nitrogen and oxygen atoms in total. The number of esters is 1. The molecule has 0 aromatic heterocycles. The Morgan fingerprint density at radius 3 is 2.73 bits per heavy atom. The summed E-state index contributed by atoms with van der Waals surface area (Å²) in [7, 11) is 0. The molecule has 1 aromatic rings. The van der Waals surface area contributed by atoms with Crippen molar-refractivity contribution in [3.63, 3.8) is 0 Å². The molecule has 2 unspecified atom stereocenters. The van der Waals surface area contributed by atoms with Gasteiger partial charge >= 0.3 is 5.97 Å². The van der Waals surface area contributed by atoms with E-state index < -0.39 is 0 Å². The van der Waals surface area contributed by atoms with Crippen molar-refractivity contribution in [3.8, 4) is 0 Å². The van der Waals surface area contributed by atoms with E-state index in [1.165, 1.54) is 5.56 Å². The predicted molar refractivity (Wildman–Crippen MR) is 58.5 cm³/mol. The molecule has 1 aliphatic heterocycles. The highest BCUT2D eigenvalue weighted by atomic mass is 16.5. The van der Waals surface area contributed by atoms with Crippen LogP contribution in [0.5, 0.6) is 0 Å². The van der Waals surface area contributed by atoms with Gasteiger partial charge in [0.25, 0.3) is 0 Å². The third-order valence-corrected chi connectivity index (χ3v) is 3.09. The van der Waals surface area contributed by atoms with Crippen molar-refractivity contribution in [1.29, 1.82) is 0 Å². The van der Waals surface area contributed by atoms with Gasteiger partial charge in [-0.25, -0.2) is 0 Å². The molecule has 0 bridgehead atoms. The lowest BCUT2D eigenvalue weighted by atomic mass is 9.86. The summed E-state index contributed by atoms with van der Waals surface area (Å²) in [6, 6.07) is 10.3. The van der Waals surface area contributed by atoms with Gasteiger partial charge in [-0.2, -0.15) is 0 Å². The summed E-state index contributed by atoms with van der Waals surface area (Å²) in [5, 5.41) is 0. The number of ether oxygens (including phenoxy) is 1. The van der Waals surface area contributed by atoms with Gasteiger partial charge in [-0.1, -0.05) is 37.3 Å². The van der Waals surface area contributed by atoms with Crippen molar-refractivity contribution in [2.75, 3.05) is 6.61 Å². The lowest BCUT2D eigenvalue weighted by Gasteiger charge is -2.27. The Morgan fingerprint density at radius 2 is 2.07 bits per heavy atom. The zero-order valence-electron chi connectivity index (χ0n) is 8.98. The van der Waals surface area contributed by atoms with Crippen LogP contribution < -0.4 is 0 Å². The molecule has 2 rings (SSSR count). The Balaban J connectivity index is 2.09. The second-order valence-corrected chi connectivity index (χ2v) is 4.08. The maximum Gasteiger partial charge on any atom is 0.308 e. The van der Waals surface area contributed by atoms with Crippen molar-refractivity contribution in [1.82, 2.24) is 0 Å². The molecule has 0 spiro atoms. The summed E-state index contributed by atoms with van der Waals surface area (Å²) < 4.78 is 5.21. The first-order valence-electron chi connectivity index (χ1n) is 5.53. The van der Waals surface area contributed by atoms with Gasteiger partial charge in [0.05, 0.1) is 12.5 Å². The molecule has 1 fully saturated rings. The van der Waals surface area contributed by atoms with Crippen molar-refractivity contribution < 1.29 is 9.53 Å². The van der Waals surface area contributed by atoms with E-state index >= 15 is 0 Å². The van der Waals surface area contributed by atoms with Crippen LogP contribution in [0.25, 0.3) is 0 Å². The van der Waals surface area contributed by atoms with Crippen LogP contribution in [0.1, 0.15) is 31.2 Å². The molecule has 80 valence electrons. The molecule has 2 atom stereocenters. The molecule has 0 amide bonds. The highest BCUT2D eigenvalue weighted by Crippen LogP contribution is 2.30. The number of carbonyl (C=O) groups excluding carboxylic acids is 1. The van der Waals surface area contributed by atoms with E-state index in [9.17, 15) is 4.79 Å². The average Bonchev–Trinajstić information content (AvgIpc) is 2.31. The van der Waals surface area contributed by atoms with Crippen LogP contribution in [-0.4, -0.2) is 12.6 Å². The monoisotopic (exact) mass is 204 g/mol. The van der Waals surface area contributed by atoms with Gasteiger partial charge in [0, 0.05) is 5.92 Å². The minimum absolute atomic E-state index is 0.0234. The fourth-order valence-electron chi connectivity index (χ4n) is 2.10. The molecule has 0 N–H and O–H groups in total. The number of hydrogen-bond donors (Lipinski definition) is 0. The van der Waals surface area contributed by atoms with Gasteiger partial charge in [0.1, 0.15) is 0 Å². The number of hydrogen-bond acceptors (Lipinski definition) is 2. The highest BCUT2D eigenvalue weighted by Gasteiger charge is 2.29. The van der Waals surface area contributed by atoms with Crippen LogP contribution in [-0.2, 0) is 9.53 Å². The molecule has 0 aliphatic carbocycles. The van der Waals surface area contributed by atoms with Crippen molar-refractivity contribution >= 4 is 5.97 Å². The summed E-state index contributed by atoms with van der Waals surface area (Å²) in [6.45, 7) is 2.58. The fraction of sp³-hybridized carbons (Fsp3) is 0.462. The van der Waals surface area contributed by atoms with Crippen LogP contribution in [0.4, 0.5) is 0 Å². The zero-order chi connectivity index (χ0) is 10.7. The quantitative estimate of drug-likeness (QED) is 0.692. The fourth-order valence-corrected chi connectivity index (χ4v) is 2.10. The molecule has 1 heterocycles. The molecule has 1 saturated heterocycles. The highest BCUT2D eigenvalue weighted by molar-refractivity contribution is 5.73. The summed E-state index contributed by atoms with van der Waals surface area (Å²) in [6.07, 6.45) is 1.81. The van der Waals surface area contributed by atoms with E-state index in [4.69, 9.17) is 4.74 Å². The van der Waals surface area contributed by atoms with Gasteiger partial charge in [0.2, 0.25) is 0 Å². The first-order chi connectivity index (χ1) is 7.31. The Morgan fingerprint density at radius 1 is 1.33 bits per heavy atom. The number of carbonyl (C=O) groups is 1. The predicted octanol–water partition coefficient (Wildman–Crippen LogP) is 2.74. The van der Waals surface area contributed by atoms with Gasteiger partial charge in [-0.05, 0) is 18.4 Å². The Kier molecular flexibility index (Phi) is 3.05. The standard InChI is InChI=1S/C13H16O2/c1-2-10-8-12(9-15-13(10)14)11-6-4-3-5-7-11/h3-7,10,12H,2,8-9H2,1H3. The number of rotatable bonds is 2. The van der Waals surface area contributed by atoms with E-state index in [0.29, 0.717) is 12.5 Å². The SMILES string of the molecule is CCC1CC(c2ccccc2)COC1=O. The number of benzene rings is 1. The second-order valence-electron chi connectivity index (χ2n) is 4.08. The van der Waals surface area contributed by atoms with Crippen molar-refractivity contribution in [2.45, 2.75) is 25.7 Å². The van der Waals surface area contributed by atoms with E-state index in [-0.39, 0.29) is 11.9 Å². The molecular weight excluding hydrogens is 188 g/mol. The molecule has 1 aliphatic rings. The molecule has 0 saturated carbocycles. The maximum absolute atomic E-state index is 11.4.